The van der Waals surface area contributed by atoms with E-state index in [9.17, 15) is 26.3 Å². The molecule has 0 aromatic carbocycles. The van der Waals surface area contributed by atoms with Gasteiger partial charge >= 0.3 is 12.4 Å². The zero-order valence-electron chi connectivity index (χ0n) is 6.52. The van der Waals surface area contributed by atoms with Crippen molar-refractivity contribution in [3.63, 3.8) is 0 Å². The number of hydrogen-bond donors (Lipinski definition) is 0. The van der Waals surface area contributed by atoms with Crippen LogP contribution in [0.25, 0.3) is 0 Å². The molecule has 0 unspecified atom stereocenters. The fraction of sp³-hybridized carbons (Fsp3) is 0.500. The fourth-order valence-electron chi connectivity index (χ4n) is 0.869. The lowest BCUT2D eigenvalue weighted by Crippen LogP contribution is -2.23. The van der Waals surface area contributed by atoms with E-state index in [4.69, 9.17) is 0 Å². The minimum atomic E-state index is -4.82. The lowest BCUT2D eigenvalue weighted by Gasteiger charge is -2.11. The first-order chi connectivity index (χ1) is 6.20. The van der Waals surface area contributed by atoms with Crippen LogP contribution in [0.15, 0.2) is 12.3 Å². The third kappa shape index (κ3) is 2.64. The van der Waals surface area contributed by atoms with Crippen LogP contribution in [-0.2, 0) is 12.7 Å². The summed E-state index contributed by atoms with van der Waals surface area (Å²) >= 11 is 0. The van der Waals surface area contributed by atoms with Crippen molar-refractivity contribution in [2.24, 2.45) is 0 Å². The first-order valence-electron chi connectivity index (χ1n) is 3.36. The highest BCUT2D eigenvalue weighted by molar-refractivity contribution is 5.05. The Kier molecular flexibility index (Phi) is 2.47. The third-order valence-corrected chi connectivity index (χ3v) is 1.34. The van der Waals surface area contributed by atoms with Gasteiger partial charge in [-0.05, 0) is 6.07 Å². The molecule has 1 aromatic rings. The van der Waals surface area contributed by atoms with Crippen molar-refractivity contribution in [1.82, 2.24) is 9.78 Å². The maximum Gasteiger partial charge on any atom is 0.433 e. The van der Waals surface area contributed by atoms with Crippen molar-refractivity contribution < 1.29 is 26.3 Å². The summed E-state index contributed by atoms with van der Waals surface area (Å²) in [6.45, 7) is -1.74. The molecule has 0 saturated heterocycles. The van der Waals surface area contributed by atoms with Gasteiger partial charge in [-0.1, -0.05) is 0 Å². The average Bonchev–Trinajstić information content (AvgIpc) is 2.29. The molecule has 0 amide bonds. The molecular weight excluding hydrogens is 214 g/mol. The minimum Gasteiger partial charge on any atom is -0.251 e. The summed E-state index contributed by atoms with van der Waals surface area (Å²) in [7, 11) is 0. The van der Waals surface area contributed by atoms with Crippen LogP contribution in [0.1, 0.15) is 5.69 Å². The van der Waals surface area contributed by atoms with Crippen LogP contribution in [0, 0.1) is 0 Å². The molecule has 14 heavy (non-hydrogen) atoms. The Morgan fingerprint density at radius 2 is 1.71 bits per heavy atom. The van der Waals surface area contributed by atoms with Crippen molar-refractivity contribution in [1.29, 1.82) is 0 Å². The zero-order valence-corrected chi connectivity index (χ0v) is 6.52. The maximum absolute atomic E-state index is 12.0. The van der Waals surface area contributed by atoms with Gasteiger partial charge in [-0.3, -0.25) is 4.68 Å². The molecule has 0 aliphatic rings. The van der Waals surface area contributed by atoms with Crippen LogP contribution in [0.4, 0.5) is 26.3 Å². The average molecular weight is 218 g/mol. The SMILES string of the molecule is FC(F)(F)Cn1nccc1C(F)(F)F. The Morgan fingerprint density at radius 1 is 1.14 bits per heavy atom. The number of rotatable bonds is 1. The highest BCUT2D eigenvalue weighted by Crippen LogP contribution is 2.30. The molecule has 8 heteroatoms. The topological polar surface area (TPSA) is 17.8 Å². The van der Waals surface area contributed by atoms with E-state index in [1.165, 1.54) is 0 Å². The van der Waals surface area contributed by atoms with Gasteiger partial charge < -0.3 is 0 Å². The van der Waals surface area contributed by atoms with E-state index in [0.29, 0.717) is 12.3 Å². The van der Waals surface area contributed by atoms with Crippen LogP contribution in [-0.4, -0.2) is 16.0 Å². The molecule has 80 valence electrons. The summed E-state index contributed by atoms with van der Waals surface area (Å²) < 4.78 is 71.2. The smallest absolute Gasteiger partial charge is 0.251 e. The third-order valence-electron chi connectivity index (χ3n) is 1.34. The van der Waals surface area contributed by atoms with Gasteiger partial charge in [0.15, 0.2) is 0 Å². The lowest BCUT2D eigenvalue weighted by molar-refractivity contribution is -0.160. The van der Waals surface area contributed by atoms with Crippen LogP contribution in [0.2, 0.25) is 0 Å². The summed E-state index contributed by atoms with van der Waals surface area (Å²) in [5.74, 6) is 0. The van der Waals surface area contributed by atoms with Gasteiger partial charge in [0.2, 0.25) is 0 Å². The predicted octanol–water partition coefficient (Wildman–Crippen LogP) is 2.46. The summed E-state index contributed by atoms with van der Waals surface area (Å²) in [4.78, 5) is 0. The first-order valence-corrected chi connectivity index (χ1v) is 3.36. The molecule has 0 fully saturated rings. The highest BCUT2D eigenvalue weighted by Gasteiger charge is 2.38. The minimum absolute atomic E-state index is 0.125. The van der Waals surface area contributed by atoms with E-state index >= 15 is 0 Å². The van der Waals surface area contributed by atoms with Gasteiger partial charge in [0, 0.05) is 6.20 Å². The van der Waals surface area contributed by atoms with E-state index in [1.54, 1.807) is 0 Å². The number of aromatic nitrogens is 2. The van der Waals surface area contributed by atoms with Crippen LogP contribution >= 0.6 is 0 Å². The van der Waals surface area contributed by atoms with Crippen molar-refractivity contribution in [2.75, 3.05) is 0 Å². The summed E-state index contributed by atoms with van der Waals surface area (Å²) in [6.07, 6.45) is -8.86. The number of halogens is 6. The molecule has 0 atom stereocenters. The van der Waals surface area contributed by atoms with E-state index in [0.717, 1.165) is 0 Å². The second-order valence-corrected chi connectivity index (χ2v) is 2.49. The standard InChI is InChI=1S/C6H4F6N2/c7-5(8,9)3-14-4(1-2-13-14)6(10,11)12/h1-2H,3H2. The quantitative estimate of drug-likeness (QED) is 0.662. The predicted molar refractivity (Wildman–Crippen MR) is 33.3 cm³/mol. The molecule has 0 spiro atoms. The van der Waals surface area contributed by atoms with Crippen molar-refractivity contribution in [2.45, 2.75) is 18.9 Å². The van der Waals surface area contributed by atoms with Crippen molar-refractivity contribution >= 4 is 0 Å². The molecule has 0 aliphatic carbocycles. The zero-order chi connectivity index (χ0) is 11.0. The molecule has 1 heterocycles. The Balaban J connectivity index is 2.95. The van der Waals surface area contributed by atoms with E-state index in [-0.39, 0.29) is 4.68 Å². The van der Waals surface area contributed by atoms with E-state index in [2.05, 4.69) is 5.10 Å². The molecule has 0 bridgehead atoms. The van der Waals surface area contributed by atoms with Gasteiger partial charge in [-0.2, -0.15) is 31.4 Å². The molecule has 0 aliphatic heterocycles. The van der Waals surface area contributed by atoms with E-state index in [1.807, 2.05) is 0 Å². The Hall–Kier alpha value is -1.21. The van der Waals surface area contributed by atoms with Crippen molar-refractivity contribution in [3.05, 3.63) is 18.0 Å². The van der Waals surface area contributed by atoms with Gasteiger partial charge in [0.25, 0.3) is 0 Å². The Labute approximate surface area is 74.1 Å². The largest absolute Gasteiger partial charge is 0.433 e. The van der Waals surface area contributed by atoms with Gasteiger partial charge in [-0.15, -0.1) is 0 Å². The molecule has 0 saturated carbocycles. The summed E-state index contributed by atoms with van der Waals surface area (Å²) in [6, 6.07) is 0.492. The molecule has 0 radical (unpaired) electrons. The Morgan fingerprint density at radius 3 is 2.14 bits per heavy atom. The van der Waals surface area contributed by atoms with Crippen molar-refractivity contribution in [3.8, 4) is 0 Å². The van der Waals surface area contributed by atoms with E-state index < -0.39 is 24.6 Å². The second kappa shape index (κ2) is 3.18. The van der Waals surface area contributed by atoms with Gasteiger partial charge in [-0.25, -0.2) is 0 Å². The van der Waals surface area contributed by atoms with Crippen LogP contribution in [0.5, 0.6) is 0 Å². The molecule has 2 nitrogen and oxygen atoms in total. The fourth-order valence-corrected chi connectivity index (χ4v) is 0.869. The summed E-state index contributed by atoms with van der Waals surface area (Å²) in [5.41, 5.74) is -1.41. The van der Waals surface area contributed by atoms with Crippen LogP contribution in [0.3, 0.4) is 0 Å². The number of hydrogen-bond acceptors (Lipinski definition) is 1. The highest BCUT2D eigenvalue weighted by atomic mass is 19.4. The molecule has 0 N–H and O–H groups in total. The van der Waals surface area contributed by atoms with Gasteiger partial charge in [0.05, 0.1) is 0 Å². The molecule has 1 rings (SSSR count). The van der Waals surface area contributed by atoms with Crippen LogP contribution < -0.4 is 0 Å². The normalized spacial score (nSPS) is 13.3. The first kappa shape index (κ1) is 10.9. The summed E-state index contributed by atoms with van der Waals surface area (Å²) in [5, 5.41) is 2.94. The Bertz CT molecular complexity index is 309. The monoisotopic (exact) mass is 218 g/mol. The number of alkyl halides is 6. The number of nitrogens with zero attached hydrogens (tertiary/aromatic N) is 2. The van der Waals surface area contributed by atoms with Gasteiger partial charge in [0.1, 0.15) is 12.2 Å². The molecular formula is C6H4F6N2. The second-order valence-electron chi connectivity index (χ2n) is 2.49. The molecule has 1 aromatic heterocycles. The lowest BCUT2D eigenvalue weighted by atomic mass is 10.4. The maximum atomic E-state index is 12.0.